The van der Waals surface area contributed by atoms with Crippen molar-refractivity contribution in [2.45, 2.75) is 90.1 Å². The molecular formula is C31H45NO7. The lowest BCUT2D eigenvalue weighted by molar-refractivity contribution is -0.156. The molecule has 0 bridgehead atoms. The van der Waals surface area contributed by atoms with Gasteiger partial charge in [0.2, 0.25) is 0 Å². The Morgan fingerprint density at radius 1 is 1.23 bits per heavy atom. The molecule has 0 radical (unpaired) electrons. The van der Waals surface area contributed by atoms with Crippen molar-refractivity contribution in [3.8, 4) is 0 Å². The van der Waals surface area contributed by atoms with Crippen LogP contribution in [0.4, 0.5) is 4.79 Å². The number of nitrogens with zero attached hydrogens (tertiary/aromatic N) is 1. The Morgan fingerprint density at radius 2 is 1.97 bits per heavy atom. The Labute approximate surface area is 232 Å². The van der Waals surface area contributed by atoms with Crippen molar-refractivity contribution < 1.29 is 35.1 Å². The van der Waals surface area contributed by atoms with Crippen LogP contribution in [0.15, 0.2) is 23.3 Å². The molecule has 2 aliphatic heterocycles. The van der Waals surface area contributed by atoms with Crippen LogP contribution in [0.2, 0.25) is 0 Å². The summed E-state index contributed by atoms with van der Waals surface area (Å²) in [6.07, 6.45) is 7.80. The molecule has 0 aromatic heterocycles. The lowest BCUT2D eigenvalue weighted by atomic mass is 9.44. The van der Waals surface area contributed by atoms with Crippen molar-refractivity contribution in [1.82, 2.24) is 4.90 Å². The van der Waals surface area contributed by atoms with Crippen LogP contribution < -0.4 is 0 Å². The van der Waals surface area contributed by atoms with E-state index in [9.17, 15) is 19.5 Å². The molecule has 4 aliphatic carbocycles. The monoisotopic (exact) mass is 543 g/mol. The molecule has 0 aromatic carbocycles. The summed E-state index contributed by atoms with van der Waals surface area (Å²) in [6, 6.07) is 0. The number of hydrogen-bond donors (Lipinski definition) is 1. The summed E-state index contributed by atoms with van der Waals surface area (Å²) in [5.41, 5.74) is -0.0605. The van der Waals surface area contributed by atoms with Crippen LogP contribution in [0.5, 0.6) is 0 Å². The van der Waals surface area contributed by atoms with E-state index in [4.69, 9.17) is 14.2 Å². The average Bonchev–Trinajstić information content (AvgIpc) is 3.51. The van der Waals surface area contributed by atoms with E-state index in [1.165, 1.54) is 4.90 Å². The number of cyclic esters (lactones) is 1. The minimum absolute atomic E-state index is 0. The molecule has 1 saturated heterocycles. The predicted octanol–water partition coefficient (Wildman–Crippen LogP) is 4.30. The van der Waals surface area contributed by atoms with Gasteiger partial charge in [-0.1, -0.05) is 19.4 Å². The van der Waals surface area contributed by atoms with Crippen molar-refractivity contribution in [3.05, 3.63) is 23.3 Å². The van der Waals surface area contributed by atoms with Gasteiger partial charge < -0.3 is 24.2 Å². The molecule has 0 aromatic rings. The van der Waals surface area contributed by atoms with Crippen molar-refractivity contribution in [1.29, 1.82) is 0 Å². The second-order valence-corrected chi connectivity index (χ2v) is 13.8. The Bertz CT molecular complexity index is 1170. The first-order valence-corrected chi connectivity index (χ1v) is 14.7. The number of epoxide rings is 1. The van der Waals surface area contributed by atoms with E-state index in [-0.39, 0.29) is 49.2 Å². The zero-order chi connectivity index (χ0) is 28.1. The van der Waals surface area contributed by atoms with Gasteiger partial charge in [0.15, 0.2) is 11.9 Å². The fourth-order valence-corrected chi connectivity index (χ4v) is 10.0. The van der Waals surface area contributed by atoms with Crippen molar-refractivity contribution >= 4 is 17.8 Å². The smallest absolute Gasteiger partial charge is 0.409 e. The van der Waals surface area contributed by atoms with Crippen molar-refractivity contribution in [3.63, 3.8) is 0 Å². The zero-order valence-electron chi connectivity index (χ0n) is 24.1. The Morgan fingerprint density at radius 3 is 2.64 bits per heavy atom. The summed E-state index contributed by atoms with van der Waals surface area (Å²) in [4.78, 5) is 40.2. The number of esters is 1. The van der Waals surface area contributed by atoms with Gasteiger partial charge in [0.1, 0.15) is 11.7 Å². The molecule has 3 saturated carbocycles. The largest absolute Gasteiger partial charge is 0.458 e. The van der Waals surface area contributed by atoms with E-state index in [1.54, 1.807) is 26.2 Å². The maximum atomic E-state index is 13.7. The molecular weight excluding hydrogens is 498 g/mol. The second kappa shape index (κ2) is 8.90. The Hall–Kier alpha value is -2.19. The SMILES string of the molecule is CC1=C(CO)C(=O)O[C@@H]([C@@H](C)[C@H]2CC[C@H]3C4C[C@H]5O[C@]56[C@@H](OC(=O)N(C)C)C=CC(=O)[C@]6(C)C4CC[C@]23C)C1.[HH]. The van der Waals surface area contributed by atoms with Crippen LogP contribution in [0.1, 0.15) is 67.6 Å². The molecule has 2 unspecified atom stereocenters. The summed E-state index contributed by atoms with van der Waals surface area (Å²) >= 11 is 0. The summed E-state index contributed by atoms with van der Waals surface area (Å²) in [5, 5.41) is 9.58. The molecule has 8 heteroatoms. The second-order valence-electron chi connectivity index (χ2n) is 13.8. The molecule has 39 heavy (non-hydrogen) atoms. The first-order valence-electron chi connectivity index (χ1n) is 14.7. The number of allylic oxidation sites excluding steroid dienone is 1. The molecule has 1 amide bonds. The lowest BCUT2D eigenvalue weighted by Gasteiger charge is -2.58. The average molecular weight is 544 g/mol. The molecule has 6 aliphatic rings. The van der Waals surface area contributed by atoms with Gasteiger partial charge in [-0.25, -0.2) is 9.59 Å². The van der Waals surface area contributed by atoms with Crippen LogP contribution in [-0.2, 0) is 23.8 Å². The van der Waals surface area contributed by atoms with E-state index in [0.29, 0.717) is 29.7 Å². The number of hydrogen-bond acceptors (Lipinski definition) is 7. The third-order valence-corrected chi connectivity index (χ3v) is 12.2. The van der Waals surface area contributed by atoms with E-state index in [2.05, 4.69) is 20.8 Å². The van der Waals surface area contributed by atoms with Crippen LogP contribution in [0.25, 0.3) is 0 Å². The highest BCUT2D eigenvalue weighted by Gasteiger charge is 2.81. The fraction of sp³-hybridized carbons (Fsp3) is 0.774. The summed E-state index contributed by atoms with van der Waals surface area (Å²) in [7, 11) is 3.33. The van der Waals surface area contributed by atoms with E-state index in [1.807, 2.05) is 6.92 Å². The van der Waals surface area contributed by atoms with Crippen LogP contribution >= 0.6 is 0 Å². The maximum absolute atomic E-state index is 13.7. The van der Waals surface area contributed by atoms with Crippen molar-refractivity contribution in [2.75, 3.05) is 20.7 Å². The first kappa shape index (κ1) is 27.0. The standard InChI is InChI=1S/C31H43NO7.H2/c1-16-13-23(37-27(35)19(16)15-33)17(2)20-7-8-21-18-14-26-31(39-26)25(38-28(36)32(5)6)10-9-24(34)30(31,4)22(18)11-12-29(20,21)3;/h9-10,17-18,20-23,25-26,33H,7-8,11-15H2,1-6H3;1H/t17-,18?,20+,21-,22?,23+,25-,26+,29+,30-,31+;/m0./s1. The minimum atomic E-state index is -0.769. The first-order chi connectivity index (χ1) is 18.4. The quantitative estimate of drug-likeness (QED) is 0.416. The Balaban J connectivity index is 0.00000323. The number of ether oxygens (including phenoxy) is 3. The highest BCUT2D eigenvalue weighted by Crippen LogP contribution is 2.73. The van der Waals surface area contributed by atoms with E-state index in [0.717, 1.165) is 37.7 Å². The predicted molar refractivity (Wildman–Crippen MR) is 145 cm³/mol. The van der Waals surface area contributed by atoms with E-state index < -0.39 is 23.2 Å². The van der Waals surface area contributed by atoms with Crippen LogP contribution in [0, 0.1) is 40.4 Å². The highest BCUT2D eigenvalue weighted by molar-refractivity contribution is 5.98. The van der Waals surface area contributed by atoms with E-state index >= 15 is 0 Å². The molecule has 6 rings (SSSR count). The topological polar surface area (TPSA) is 106 Å². The molecule has 2 heterocycles. The molecule has 8 nitrogen and oxygen atoms in total. The zero-order valence-corrected chi connectivity index (χ0v) is 24.1. The maximum Gasteiger partial charge on any atom is 0.409 e. The third kappa shape index (κ3) is 3.52. The number of rotatable bonds is 4. The van der Waals surface area contributed by atoms with Crippen LogP contribution in [0.3, 0.4) is 0 Å². The lowest BCUT2D eigenvalue weighted by Crippen LogP contribution is -2.64. The summed E-state index contributed by atoms with van der Waals surface area (Å²) in [6.45, 7) is 8.38. The number of amides is 1. The number of aliphatic hydroxyl groups excluding tert-OH is 1. The number of aliphatic hydroxyl groups is 1. The highest BCUT2D eigenvalue weighted by atomic mass is 16.7. The minimum Gasteiger partial charge on any atom is -0.458 e. The number of carbonyl (C=O) groups is 3. The molecule has 11 atom stereocenters. The number of fused-ring (bicyclic) bond motifs is 4. The summed E-state index contributed by atoms with van der Waals surface area (Å²) in [5.74, 6) is 1.35. The fourth-order valence-electron chi connectivity index (χ4n) is 10.0. The van der Waals surface area contributed by atoms with Gasteiger partial charge in [0.05, 0.1) is 23.7 Å². The van der Waals surface area contributed by atoms with Crippen LogP contribution in [-0.4, -0.2) is 72.5 Å². The number of carbonyl (C=O) groups excluding carboxylic acids is 3. The van der Waals surface area contributed by atoms with Gasteiger partial charge in [0.25, 0.3) is 0 Å². The van der Waals surface area contributed by atoms with Gasteiger partial charge in [0, 0.05) is 21.9 Å². The van der Waals surface area contributed by atoms with Gasteiger partial charge in [-0.05, 0) is 93.1 Å². The normalized spacial score (nSPS) is 46.9. The molecule has 1 spiro atoms. The Kier molecular flexibility index (Phi) is 6.16. The summed E-state index contributed by atoms with van der Waals surface area (Å²) < 4.78 is 18.2. The molecule has 216 valence electrons. The van der Waals surface area contributed by atoms with Gasteiger partial charge >= 0.3 is 12.1 Å². The third-order valence-electron chi connectivity index (χ3n) is 12.2. The van der Waals surface area contributed by atoms with Crippen molar-refractivity contribution in [2.24, 2.45) is 40.4 Å². The number of ketones is 1. The van der Waals surface area contributed by atoms with Gasteiger partial charge in [-0.15, -0.1) is 0 Å². The van der Waals surface area contributed by atoms with Gasteiger partial charge in [-0.2, -0.15) is 0 Å². The molecule has 1 N–H and O–H groups in total. The molecule has 4 fully saturated rings. The van der Waals surface area contributed by atoms with Gasteiger partial charge in [-0.3, -0.25) is 4.79 Å².